The molecule has 100 valence electrons. The SMILES string of the molecule is COc1ccc(-c2cn[se]c2-c2ccc(Cl)cc2)cc1. The Morgan fingerprint density at radius 3 is 2.25 bits per heavy atom. The van der Waals surface area contributed by atoms with Gasteiger partial charge >= 0.3 is 129 Å². The Morgan fingerprint density at radius 2 is 1.60 bits per heavy atom. The first-order valence-electron chi connectivity index (χ1n) is 6.13. The third-order valence-corrected chi connectivity index (χ3v) is 5.11. The standard InChI is InChI=1S/C16H12ClNOSe/c1-19-14-8-4-11(5-9-14)15-10-18-20-16(15)12-2-6-13(17)7-3-12/h2-10H,1H3. The molecule has 1 aromatic heterocycles. The van der Waals surface area contributed by atoms with Gasteiger partial charge in [-0.25, -0.2) is 0 Å². The Balaban J connectivity index is 2.02. The molecule has 0 amide bonds. The summed E-state index contributed by atoms with van der Waals surface area (Å²) in [7, 11) is 1.67. The van der Waals surface area contributed by atoms with E-state index in [9.17, 15) is 0 Å². The number of halogens is 1. The molecule has 3 rings (SSSR count). The van der Waals surface area contributed by atoms with Gasteiger partial charge in [-0.2, -0.15) is 0 Å². The number of aromatic nitrogens is 1. The van der Waals surface area contributed by atoms with E-state index in [4.69, 9.17) is 16.3 Å². The second-order valence-corrected chi connectivity index (χ2v) is 6.42. The van der Waals surface area contributed by atoms with Gasteiger partial charge in [0.25, 0.3) is 0 Å². The number of nitrogens with zero attached hydrogens (tertiary/aromatic N) is 1. The summed E-state index contributed by atoms with van der Waals surface area (Å²) in [4.78, 5) is 0. The third kappa shape index (κ3) is 2.66. The van der Waals surface area contributed by atoms with Crippen LogP contribution in [0.15, 0.2) is 54.7 Å². The predicted molar refractivity (Wildman–Crippen MR) is 83.6 cm³/mol. The van der Waals surface area contributed by atoms with Gasteiger partial charge in [-0.15, -0.1) is 0 Å². The first-order chi connectivity index (χ1) is 9.78. The zero-order chi connectivity index (χ0) is 13.9. The van der Waals surface area contributed by atoms with Crippen LogP contribution in [-0.2, 0) is 0 Å². The number of hydrogen-bond donors (Lipinski definition) is 0. The summed E-state index contributed by atoms with van der Waals surface area (Å²) >= 11 is 6.08. The van der Waals surface area contributed by atoms with Crippen LogP contribution in [0.4, 0.5) is 0 Å². The monoisotopic (exact) mass is 349 g/mol. The zero-order valence-electron chi connectivity index (χ0n) is 10.8. The molecule has 0 aliphatic heterocycles. The van der Waals surface area contributed by atoms with Crippen molar-refractivity contribution in [2.75, 3.05) is 7.11 Å². The first kappa shape index (κ1) is 13.4. The molecule has 3 aromatic rings. The Kier molecular flexibility index (Phi) is 3.93. The molecule has 0 saturated carbocycles. The van der Waals surface area contributed by atoms with Gasteiger partial charge in [0.2, 0.25) is 0 Å². The fourth-order valence-electron chi connectivity index (χ4n) is 2.03. The molecule has 2 nitrogen and oxygen atoms in total. The van der Waals surface area contributed by atoms with Gasteiger partial charge in [-0.1, -0.05) is 0 Å². The van der Waals surface area contributed by atoms with E-state index in [1.54, 1.807) is 7.11 Å². The van der Waals surface area contributed by atoms with Gasteiger partial charge in [-0.3, -0.25) is 0 Å². The van der Waals surface area contributed by atoms with Crippen molar-refractivity contribution < 1.29 is 4.74 Å². The molecular formula is C16H12ClNOSe. The summed E-state index contributed by atoms with van der Waals surface area (Å²) in [6.45, 7) is 0. The van der Waals surface area contributed by atoms with Crippen molar-refractivity contribution in [1.82, 2.24) is 3.98 Å². The molecular weight excluding hydrogens is 337 g/mol. The molecule has 4 heteroatoms. The Morgan fingerprint density at radius 1 is 0.950 bits per heavy atom. The summed E-state index contributed by atoms with van der Waals surface area (Å²) < 4.78 is 11.0. The molecule has 0 fully saturated rings. The van der Waals surface area contributed by atoms with Crippen LogP contribution in [0.2, 0.25) is 5.02 Å². The van der Waals surface area contributed by atoms with Crippen molar-refractivity contribution in [3.63, 3.8) is 0 Å². The van der Waals surface area contributed by atoms with E-state index in [1.807, 2.05) is 30.5 Å². The number of hydrogen-bond acceptors (Lipinski definition) is 2. The van der Waals surface area contributed by atoms with Gasteiger partial charge in [0, 0.05) is 0 Å². The van der Waals surface area contributed by atoms with Crippen LogP contribution in [0.3, 0.4) is 0 Å². The molecule has 2 aromatic carbocycles. The molecule has 0 spiro atoms. The second kappa shape index (κ2) is 5.84. The Hall–Kier alpha value is -1.54. The quantitative estimate of drug-likeness (QED) is 0.664. The number of benzene rings is 2. The van der Waals surface area contributed by atoms with Crippen molar-refractivity contribution in [3.05, 3.63) is 59.8 Å². The summed E-state index contributed by atoms with van der Waals surface area (Å²) in [6, 6.07) is 16.0. The fraction of sp³-hybridized carbons (Fsp3) is 0.0625. The summed E-state index contributed by atoms with van der Waals surface area (Å²) in [5.74, 6) is 0.864. The van der Waals surface area contributed by atoms with E-state index in [1.165, 1.54) is 21.1 Å². The van der Waals surface area contributed by atoms with Gasteiger partial charge in [0.15, 0.2) is 0 Å². The van der Waals surface area contributed by atoms with Gasteiger partial charge in [-0.05, 0) is 0 Å². The molecule has 0 radical (unpaired) electrons. The van der Waals surface area contributed by atoms with E-state index in [-0.39, 0.29) is 14.7 Å². The first-order valence-corrected chi connectivity index (χ1v) is 8.13. The number of rotatable bonds is 3. The van der Waals surface area contributed by atoms with Crippen molar-refractivity contribution >= 4 is 26.3 Å². The molecule has 0 aliphatic carbocycles. The van der Waals surface area contributed by atoms with Crippen LogP contribution < -0.4 is 4.74 Å². The molecule has 0 bridgehead atoms. The molecule has 0 saturated heterocycles. The topological polar surface area (TPSA) is 22.1 Å². The maximum atomic E-state index is 5.95. The summed E-state index contributed by atoms with van der Waals surface area (Å²) in [5.41, 5.74) is 3.55. The zero-order valence-corrected chi connectivity index (χ0v) is 13.3. The van der Waals surface area contributed by atoms with Crippen molar-refractivity contribution in [1.29, 1.82) is 0 Å². The van der Waals surface area contributed by atoms with Crippen LogP contribution >= 0.6 is 11.6 Å². The van der Waals surface area contributed by atoms with Crippen LogP contribution in [0.1, 0.15) is 0 Å². The number of methoxy groups -OCH3 is 1. The molecule has 0 aliphatic rings. The fourth-order valence-corrected chi connectivity index (χ4v) is 3.77. The Labute approximate surface area is 129 Å². The van der Waals surface area contributed by atoms with Crippen LogP contribution in [0.5, 0.6) is 5.75 Å². The average molecular weight is 349 g/mol. The van der Waals surface area contributed by atoms with Gasteiger partial charge in [0.05, 0.1) is 0 Å². The van der Waals surface area contributed by atoms with E-state index in [2.05, 4.69) is 28.2 Å². The van der Waals surface area contributed by atoms with Gasteiger partial charge in [0.1, 0.15) is 0 Å². The average Bonchev–Trinajstić information content (AvgIpc) is 2.97. The molecule has 0 N–H and O–H groups in total. The predicted octanol–water partition coefficient (Wildman–Crippen LogP) is 4.13. The summed E-state index contributed by atoms with van der Waals surface area (Å²) in [6.07, 6.45) is 1.96. The van der Waals surface area contributed by atoms with Crippen molar-refractivity contribution in [2.24, 2.45) is 0 Å². The van der Waals surface area contributed by atoms with Gasteiger partial charge < -0.3 is 0 Å². The van der Waals surface area contributed by atoms with Crippen LogP contribution in [-0.4, -0.2) is 25.8 Å². The normalized spacial score (nSPS) is 10.5. The molecule has 1 heterocycles. The minimum absolute atomic E-state index is 0.128. The summed E-state index contributed by atoms with van der Waals surface area (Å²) in [5, 5.41) is 0.756. The Bertz CT molecular complexity index is 704. The minimum atomic E-state index is 0.128. The van der Waals surface area contributed by atoms with Crippen molar-refractivity contribution in [3.8, 4) is 26.9 Å². The van der Waals surface area contributed by atoms with Crippen molar-refractivity contribution in [2.45, 2.75) is 0 Å². The second-order valence-electron chi connectivity index (χ2n) is 4.30. The molecule has 0 unspecified atom stereocenters. The van der Waals surface area contributed by atoms with E-state index in [0.29, 0.717) is 0 Å². The van der Waals surface area contributed by atoms with E-state index < -0.39 is 0 Å². The third-order valence-electron chi connectivity index (χ3n) is 3.08. The van der Waals surface area contributed by atoms with Crippen LogP contribution in [0.25, 0.3) is 21.1 Å². The molecule has 0 atom stereocenters. The molecule has 20 heavy (non-hydrogen) atoms. The van der Waals surface area contributed by atoms with E-state index in [0.717, 1.165) is 10.8 Å². The maximum absolute atomic E-state index is 5.95. The number of ether oxygens (including phenoxy) is 1. The van der Waals surface area contributed by atoms with E-state index >= 15 is 0 Å². The van der Waals surface area contributed by atoms with Crippen LogP contribution in [0, 0.1) is 0 Å².